The second kappa shape index (κ2) is 5.02. The lowest BCUT2D eigenvalue weighted by Gasteiger charge is -2.32. The molecule has 1 fully saturated rings. The van der Waals surface area contributed by atoms with Crippen LogP contribution in [0.25, 0.3) is 10.9 Å². The van der Waals surface area contributed by atoms with Gasteiger partial charge in [-0.2, -0.15) is 0 Å². The number of aromatic amines is 1. The summed E-state index contributed by atoms with van der Waals surface area (Å²) in [6.07, 6.45) is 7.14. The van der Waals surface area contributed by atoms with Gasteiger partial charge in [0.2, 0.25) is 0 Å². The summed E-state index contributed by atoms with van der Waals surface area (Å²) in [5, 5.41) is 4.93. The van der Waals surface area contributed by atoms with E-state index in [4.69, 9.17) is 5.73 Å². The maximum atomic E-state index is 5.88. The summed E-state index contributed by atoms with van der Waals surface area (Å²) >= 11 is 0. The van der Waals surface area contributed by atoms with Gasteiger partial charge in [-0.1, -0.05) is 12.8 Å². The fourth-order valence-electron chi connectivity index (χ4n) is 3.04. The monoisotopic (exact) mass is 243 g/mol. The highest BCUT2D eigenvalue weighted by molar-refractivity contribution is 5.83. The van der Waals surface area contributed by atoms with Gasteiger partial charge < -0.3 is 16.0 Å². The van der Waals surface area contributed by atoms with Crippen LogP contribution >= 0.6 is 0 Å². The van der Waals surface area contributed by atoms with Gasteiger partial charge in [0.05, 0.1) is 0 Å². The Morgan fingerprint density at radius 2 is 2.11 bits per heavy atom. The molecule has 1 heterocycles. The van der Waals surface area contributed by atoms with E-state index in [0.717, 1.165) is 6.54 Å². The van der Waals surface area contributed by atoms with Crippen LogP contribution in [0.2, 0.25) is 0 Å². The number of nitrogens with two attached hydrogens (primary N) is 1. The molecule has 18 heavy (non-hydrogen) atoms. The molecule has 4 N–H and O–H groups in total. The first-order valence-electron chi connectivity index (χ1n) is 6.90. The minimum absolute atomic E-state index is 0.542. The van der Waals surface area contributed by atoms with Crippen molar-refractivity contribution >= 4 is 16.6 Å². The molecule has 0 aliphatic heterocycles. The number of rotatable bonds is 3. The van der Waals surface area contributed by atoms with Crippen molar-refractivity contribution in [3.05, 3.63) is 30.5 Å². The van der Waals surface area contributed by atoms with Crippen molar-refractivity contribution in [2.24, 2.45) is 11.7 Å². The number of benzene rings is 1. The Bertz CT molecular complexity index is 517. The van der Waals surface area contributed by atoms with Crippen LogP contribution in [0.4, 0.5) is 5.69 Å². The molecular weight excluding hydrogens is 222 g/mol. The van der Waals surface area contributed by atoms with Gasteiger partial charge in [-0.25, -0.2) is 0 Å². The predicted octanol–water partition coefficient (Wildman–Crippen LogP) is 3.10. The number of aromatic nitrogens is 1. The molecule has 0 radical (unpaired) electrons. The summed E-state index contributed by atoms with van der Waals surface area (Å²) in [7, 11) is 0. The lowest BCUT2D eigenvalue weighted by molar-refractivity contribution is 0.332. The van der Waals surface area contributed by atoms with E-state index in [1.165, 1.54) is 42.3 Å². The number of hydrogen-bond donors (Lipinski definition) is 3. The highest BCUT2D eigenvalue weighted by atomic mass is 14.9. The van der Waals surface area contributed by atoms with Crippen molar-refractivity contribution in [1.82, 2.24) is 4.98 Å². The molecule has 1 saturated carbocycles. The molecule has 3 heteroatoms. The largest absolute Gasteiger partial charge is 0.382 e. The number of anilines is 1. The fraction of sp³-hybridized carbons (Fsp3) is 0.467. The lowest BCUT2D eigenvalue weighted by Crippen LogP contribution is -2.36. The molecule has 0 amide bonds. The maximum absolute atomic E-state index is 5.88. The zero-order valence-electron chi connectivity index (χ0n) is 10.7. The zero-order chi connectivity index (χ0) is 12.4. The third-order valence-corrected chi connectivity index (χ3v) is 4.12. The molecule has 0 saturated heterocycles. The molecule has 2 aromatic rings. The smallest absolute Gasteiger partial charge is 0.0455 e. The van der Waals surface area contributed by atoms with E-state index in [1.807, 2.05) is 6.20 Å². The van der Waals surface area contributed by atoms with Gasteiger partial charge in [0.15, 0.2) is 0 Å². The number of hydrogen-bond acceptors (Lipinski definition) is 2. The van der Waals surface area contributed by atoms with Crippen LogP contribution in [0, 0.1) is 5.92 Å². The molecule has 2 atom stereocenters. The molecule has 1 aliphatic rings. The van der Waals surface area contributed by atoms with Crippen LogP contribution in [-0.2, 0) is 0 Å². The van der Waals surface area contributed by atoms with Gasteiger partial charge in [0, 0.05) is 28.8 Å². The summed E-state index contributed by atoms with van der Waals surface area (Å²) in [4.78, 5) is 3.22. The molecule has 0 bridgehead atoms. The van der Waals surface area contributed by atoms with Crippen molar-refractivity contribution in [2.75, 3.05) is 11.9 Å². The SMILES string of the molecule is NCC1CCCCC1Nc1ccc2[nH]ccc2c1. The summed E-state index contributed by atoms with van der Waals surface area (Å²) in [6.45, 7) is 0.796. The number of nitrogens with one attached hydrogen (secondary N) is 2. The molecule has 3 rings (SSSR count). The average molecular weight is 243 g/mol. The van der Waals surface area contributed by atoms with E-state index in [-0.39, 0.29) is 0 Å². The van der Waals surface area contributed by atoms with Crippen molar-refractivity contribution < 1.29 is 0 Å². The normalized spacial score (nSPS) is 24.3. The molecule has 1 aromatic heterocycles. The Balaban J connectivity index is 1.77. The second-order valence-electron chi connectivity index (χ2n) is 5.31. The Kier molecular flexibility index (Phi) is 3.24. The van der Waals surface area contributed by atoms with E-state index in [9.17, 15) is 0 Å². The first kappa shape index (κ1) is 11.6. The van der Waals surface area contributed by atoms with Gasteiger partial charge in [0.25, 0.3) is 0 Å². The summed E-state index contributed by atoms with van der Waals surface area (Å²) in [6, 6.07) is 9.16. The molecular formula is C15H21N3. The van der Waals surface area contributed by atoms with Crippen LogP contribution in [0.3, 0.4) is 0 Å². The van der Waals surface area contributed by atoms with Crippen LogP contribution in [0.1, 0.15) is 25.7 Å². The van der Waals surface area contributed by atoms with Crippen molar-refractivity contribution in [1.29, 1.82) is 0 Å². The standard InChI is InChI=1S/C15H21N3/c16-10-12-3-1-2-4-15(12)18-13-5-6-14-11(9-13)7-8-17-14/h5-9,12,15,17-18H,1-4,10,16H2. The zero-order valence-corrected chi connectivity index (χ0v) is 10.7. The van der Waals surface area contributed by atoms with Crippen molar-refractivity contribution in [3.63, 3.8) is 0 Å². The highest BCUT2D eigenvalue weighted by Gasteiger charge is 2.23. The molecule has 2 unspecified atom stereocenters. The Morgan fingerprint density at radius 1 is 1.22 bits per heavy atom. The lowest BCUT2D eigenvalue weighted by atomic mass is 9.84. The quantitative estimate of drug-likeness (QED) is 0.776. The average Bonchev–Trinajstić information content (AvgIpc) is 2.87. The summed E-state index contributed by atoms with van der Waals surface area (Å²) < 4.78 is 0. The van der Waals surface area contributed by atoms with Gasteiger partial charge in [-0.3, -0.25) is 0 Å². The van der Waals surface area contributed by atoms with E-state index < -0.39 is 0 Å². The van der Waals surface area contributed by atoms with Crippen LogP contribution in [-0.4, -0.2) is 17.6 Å². The van der Waals surface area contributed by atoms with Crippen molar-refractivity contribution in [2.45, 2.75) is 31.7 Å². The maximum Gasteiger partial charge on any atom is 0.0455 e. The van der Waals surface area contributed by atoms with Crippen molar-refractivity contribution in [3.8, 4) is 0 Å². The first-order valence-corrected chi connectivity index (χ1v) is 6.90. The van der Waals surface area contributed by atoms with E-state index in [1.54, 1.807) is 0 Å². The number of H-pyrrole nitrogens is 1. The molecule has 96 valence electrons. The third kappa shape index (κ3) is 2.23. The van der Waals surface area contributed by atoms with E-state index >= 15 is 0 Å². The van der Waals surface area contributed by atoms with Gasteiger partial charge in [-0.05, 0) is 49.6 Å². The van der Waals surface area contributed by atoms with Crippen LogP contribution < -0.4 is 11.1 Å². The molecule has 0 spiro atoms. The fourth-order valence-corrected chi connectivity index (χ4v) is 3.04. The molecule has 1 aromatic carbocycles. The first-order chi connectivity index (χ1) is 8.86. The van der Waals surface area contributed by atoms with E-state index in [0.29, 0.717) is 12.0 Å². The summed E-state index contributed by atoms with van der Waals surface area (Å²) in [5.41, 5.74) is 8.29. The van der Waals surface area contributed by atoms with Gasteiger partial charge >= 0.3 is 0 Å². The Morgan fingerprint density at radius 3 is 3.00 bits per heavy atom. The predicted molar refractivity (Wildman–Crippen MR) is 76.7 cm³/mol. The topological polar surface area (TPSA) is 53.8 Å². The van der Waals surface area contributed by atoms with E-state index in [2.05, 4.69) is 34.6 Å². The molecule has 3 nitrogen and oxygen atoms in total. The second-order valence-corrected chi connectivity index (χ2v) is 5.31. The van der Waals surface area contributed by atoms with Gasteiger partial charge in [-0.15, -0.1) is 0 Å². The third-order valence-electron chi connectivity index (χ3n) is 4.12. The van der Waals surface area contributed by atoms with Gasteiger partial charge in [0.1, 0.15) is 0 Å². The Hall–Kier alpha value is -1.48. The Labute approximate surface area is 108 Å². The minimum Gasteiger partial charge on any atom is -0.382 e. The molecule has 1 aliphatic carbocycles. The van der Waals surface area contributed by atoms with Crippen LogP contribution in [0.15, 0.2) is 30.5 Å². The van der Waals surface area contributed by atoms with Crippen LogP contribution in [0.5, 0.6) is 0 Å². The summed E-state index contributed by atoms with van der Waals surface area (Å²) in [5.74, 6) is 0.626. The minimum atomic E-state index is 0.542. The number of fused-ring (bicyclic) bond motifs is 1. The highest BCUT2D eigenvalue weighted by Crippen LogP contribution is 2.27.